The monoisotopic (exact) mass is 718 g/mol. The smallest absolute Gasteiger partial charge is 0.135 e. The molecular weight excluding hydrogens is 687 g/mol. The first-order valence-electron chi connectivity index (χ1n) is 14.4. The van der Waals surface area contributed by atoms with Crippen LogP contribution in [0.4, 0.5) is 17.1 Å². The molecule has 0 N–H and O–H groups in total. The van der Waals surface area contributed by atoms with Crippen LogP contribution in [0.3, 0.4) is 0 Å². The first-order valence-corrected chi connectivity index (χ1v) is 13.3. The van der Waals surface area contributed by atoms with Crippen LogP contribution in [0, 0.1) is 18.8 Å². The zero-order valence-corrected chi connectivity index (χ0v) is 25.2. The fourth-order valence-electron chi connectivity index (χ4n) is 5.26. The standard InChI is InChI=1S/C35H29N4O.Pt/c1-35(2,3)24-18-19-36-34(20-24)39-30-13-6-5-12-28(30)29-17-16-27(22-33(29)39)40-26-11-9-10-25(21-26)38-23-37(4)31-14-7-8-15-32(31)38;/h5-20,23H,1-4H3;/q-3;/i4D2;. The zero-order valence-electron chi connectivity index (χ0n) is 24.9. The van der Waals surface area contributed by atoms with Gasteiger partial charge in [0, 0.05) is 58.4 Å². The summed E-state index contributed by atoms with van der Waals surface area (Å²) >= 11 is 0. The molecule has 6 aromatic rings. The Hall–Kier alpha value is -4.08. The van der Waals surface area contributed by atoms with Gasteiger partial charge in [-0.25, -0.2) is 4.98 Å². The van der Waals surface area contributed by atoms with Gasteiger partial charge in [-0.1, -0.05) is 56.6 Å². The summed E-state index contributed by atoms with van der Waals surface area (Å²) in [5, 5.41) is 2.20. The summed E-state index contributed by atoms with van der Waals surface area (Å²) < 4.78 is 24.4. The topological polar surface area (TPSA) is 33.5 Å². The molecule has 0 radical (unpaired) electrons. The molecule has 0 spiro atoms. The number of para-hydroxylation sites is 3. The molecule has 3 heterocycles. The molecule has 7 rings (SSSR count). The molecule has 0 aliphatic carbocycles. The summed E-state index contributed by atoms with van der Waals surface area (Å²) in [6.07, 6.45) is 1.87. The fraction of sp³-hybridized carbons (Fsp3) is 0.143. The maximum atomic E-state index is 7.97. The molecule has 6 heteroatoms. The largest absolute Gasteiger partial charge is 0.509 e. The molecule has 208 valence electrons. The van der Waals surface area contributed by atoms with Crippen LogP contribution in [-0.4, -0.2) is 16.6 Å². The Morgan fingerprint density at radius 1 is 0.829 bits per heavy atom. The first kappa shape index (κ1) is 24.7. The molecule has 2 aromatic heterocycles. The molecule has 0 bridgehead atoms. The van der Waals surface area contributed by atoms with Gasteiger partial charge in [-0.15, -0.1) is 41.4 Å². The number of anilines is 3. The Balaban J connectivity index is 0.00000329. The van der Waals surface area contributed by atoms with Gasteiger partial charge in [0.1, 0.15) is 5.82 Å². The Labute approximate surface area is 258 Å². The van der Waals surface area contributed by atoms with Crippen molar-refractivity contribution in [2.45, 2.75) is 26.2 Å². The zero-order chi connectivity index (χ0) is 29.0. The molecule has 41 heavy (non-hydrogen) atoms. The van der Waals surface area contributed by atoms with Gasteiger partial charge < -0.3 is 19.1 Å². The second-order valence-electron chi connectivity index (χ2n) is 11.0. The van der Waals surface area contributed by atoms with Crippen molar-refractivity contribution >= 4 is 38.9 Å². The minimum Gasteiger partial charge on any atom is -0.509 e. The van der Waals surface area contributed by atoms with Crippen molar-refractivity contribution in [3.63, 3.8) is 0 Å². The van der Waals surface area contributed by atoms with Crippen molar-refractivity contribution in [3.8, 4) is 17.3 Å². The molecule has 0 amide bonds. The normalized spacial score (nSPS) is 13.8. The quantitative estimate of drug-likeness (QED) is 0.171. The van der Waals surface area contributed by atoms with Gasteiger partial charge in [0.15, 0.2) is 0 Å². The molecule has 1 aliphatic heterocycles. The average molecular weight is 719 g/mol. The Morgan fingerprint density at radius 3 is 2.44 bits per heavy atom. The maximum absolute atomic E-state index is 7.97. The first-order chi connectivity index (χ1) is 20.3. The number of benzene rings is 4. The van der Waals surface area contributed by atoms with Crippen LogP contribution < -0.4 is 14.5 Å². The fourth-order valence-corrected chi connectivity index (χ4v) is 5.26. The van der Waals surface area contributed by atoms with E-state index in [1.54, 1.807) is 11.6 Å². The minimum atomic E-state index is -1.16. The number of fused-ring (bicyclic) bond motifs is 4. The maximum Gasteiger partial charge on any atom is 0.135 e. The number of hydrogen-bond acceptors (Lipinski definition) is 4. The van der Waals surface area contributed by atoms with Gasteiger partial charge in [0.2, 0.25) is 0 Å². The Kier molecular flexibility index (Phi) is 6.26. The second kappa shape index (κ2) is 10.4. The van der Waals surface area contributed by atoms with Crippen LogP contribution >= 0.6 is 0 Å². The molecular formula is C35H29N4OPt-3. The van der Waals surface area contributed by atoms with E-state index in [0.717, 1.165) is 44.7 Å². The van der Waals surface area contributed by atoms with Crippen molar-refractivity contribution in [1.82, 2.24) is 9.55 Å². The molecule has 0 unspecified atom stereocenters. The minimum absolute atomic E-state index is 0. The predicted molar refractivity (Wildman–Crippen MR) is 163 cm³/mol. The van der Waals surface area contributed by atoms with E-state index < -0.39 is 7.00 Å². The van der Waals surface area contributed by atoms with Crippen LogP contribution in [0.5, 0.6) is 11.5 Å². The van der Waals surface area contributed by atoms with E-state index in [4.69, 9.17) is 12.5 Å². The van der Waals surface area contributed by atoms with Crippen LogP contribution in [0.15, 0.2) is 97.2 Å². The Morgan fingerprint density at radius 2 is 1.61 bits per heavy atom. The van der Waals surface area contributed by atoms with Gasteiger partial charge in [0.25, 0.3) is 0 Å². The van der Waals surface area contributed by atoms with E-state index in [-0.39, 0.29) is 26.5 Å². The molecule has 4 aromatic carbocycles. The third-order valence-electron chi connectivity index (χ3n) is 7.29. The number of rotatable bonds is 4. The molecule has 0 fully saturated rings. The van der Waals surface area contributed by atoms with Crippen molar-refractivity contribution in [1.29, 1.82) is 0 Å². The van der Waals surface area contributed by atoms with Crippen molar-refractivity contribution < 1.29 is 28.5 Å². The summed E-state index contributed by atoms with van der Waals surface area (Å²) in [6, 6.07) is 36.9. The number of nitrogens with zero attached hydrogens (tertiary/aromatic N) is 4. The van der Waals surface area contributed by atoms with Gasteiger partial charge >= 0.3 is 0 Å². The summed E-state index contributed by atoms with van der Waals surface area (Å²) in [7, 11) is 0. The van der Waals surface area contributed by atoms with E-state index in [9.17, 15) is 0 Å². The van der Waals surface area contributed by atoms with Crippen molar-refractivity contribution in [2.24, 2.45) is 0 Å². The number of pyridine rings is 1. The SMILES string of the molecule is [2H]C([2H])N1[CH-]N(c2[c-]c(Oc3[c-]c4c(cc3)c3ccccc3n4-c3cc(C(C)(C)C)ccn3)ccc2)c2ccccc21.[Pt]. The predicted octanol–water partition coefficient (Wildman–Crippen LogP) is 8.57. The van der Waals surface area contributed by atoms with Crippen LogP contribution in [0.1, 0.15) is 29.1 Å². The summed E-state index contributed by atoms with van der Waals surface area (Å²) in [5.41, 5.74) is 5.59. The van der Waals surface area contributed by atoms with E-state index in [1.807, 2.05) is 71.8 Å². The van der Waals surface area contributed by atoms with Gasteiger partial charge in [-0.2, -0.15) is 18.8 Å². The van der Waals surface area contributed by atoms with Crippen molar-refractivity contribution in [2.75, 3.05) is 16.8 Å². The average Bonchev–Trinajstić information content (AvgIpc) is 3.53. The summed E-state index contributed by atoms with van der Waals surface area (Å²) in [4.78, 5) is 8.30. The molecule has 0 atom stereocenters. The second-order valence-corrected chi connectivity index (χ2v) is 11.0. The van der Waals surface area contributed by atoms with Crippen LogP contribution in [0.2, 0.25) is 0 Å². The van der Waals surface area contributed by atoms with E-state index in [0.29, 0.717) is 11.5 Å². The third kappa shape index (κ3) is 4.79. The van der Waals surface area contributed by atoms with Crippen LogP contribution in [0.25, 0.3) is 27.6 Å². The summed E-state index contributed by atoms with van der Waals surface area (Å²) in [5.74, 6) is 1.94. The number of hydrogen-bond donors (Lipinski definition) is 0. The molecule has 5 nitrogen and oxygen atoms in total. The van der Waals surface area contributed by atoms with Gasteiger partial charge in [-0.05, 0) is 53.7 Å². The van der Waals surface area contributed by atoms with Gasteiger partial charge in [0.05, 0.1) is 0 Å². The molecule has 0 saturated heterocycles. The van der Waals surface area contributed by atoms with Crippen molar-refractivity contribution in [3.05, 3.63) is 122 Å². The molecule has 0 saturated carbocycles. The van der Waals surface area contributed by atoms with Gasteiger partial charge in [-0.3, -0.25) is 0 Å². The van der Waals surface area contributed by atoms with Crippen LogP contribution in [-0.2, 0) is 26.5 Å². The van der Waals surface area contributed by atoms with E-state index in [1.165, 1.54) is 5.56 Å². The molecule has 1 aliphatic rings. The number of ether oxygens (including phenoxy) is 1. The van der Waals surface area contributed by atoms with E-state index >= 15 is 0 Å². The number of aromatic nitrogens is 2. The summed E-state index contributed by atoms with van der Waals surface area (Å²) in [6.45, 7) is 7.21. The van der Waals surface area contributed by atoms with E-state index in [2.05, 4.69) is 67.8 Å². The third-order valence-corrected chi connectivity index (χ3v) is 7.29. The Bertz CT molecular complexity index is 1950.